The molecule has 124 valence electrons. The second-order valence-corrected chi connectivity index (χ2v) is 5.11. The molecule has 4 nitrogen and oxygen atoms in total. The van der Waals surface area contributed by atoms with E-state index < -0.39 is 11.9 Å². The maximum atomic E-state index is 11.0. The highest BCUT2D eigenvalue weighted by atomic mass is 35.5. The lowest BCUT2D eigenvalue weighted by atomic mass is 10.1. The molecule has 0 fully saturated rings. The molecular formula is C18H14Cl2O4. The van der Waals surface area contributed by atoms with Crippen molar-refractivity contribution in [2.45, 2.75) is 0 Å². The third-order valence-corrected chi connectivity index (χ3v) is 3.42. The minimum atomic E-state index is -1.02. The van der Waals surface area contributed by atoms with Crippen molar-refractivity contribution in [3.63, 3.8) is 0 Å². The molecule has 0 spiro atoms. The first-order chi connectivity index (χ1) is 11.4. The SMILES string of the molecule is C=COC(=O)c1ccc(Cl)cc1.C=Cc1cccc(C(=O)O)c1Cl. The molecule has 0 heterocycles. The summed E-state index contributed by atoms with van der Waals surface area (Å²) in [5.41, 5.74) is 1.20. The van der Waals surface area contributed by atoms with Crippen LogP contribution < -0.4 is 0 Å². The van der Waals surface area contributed by atoms with Gasteiger partial charge in [-0.1, -0.05) is 54.6 Å². The lowest BCUT2D eigenvalue weighted by molar-refractivity contribution is 0.0661. The van der Waals surface area contributed by atoms with Gasteiger partial charge in [0.25, 0.3) is 0 Å². The molecular weight excluding hydrogens is 351 g/mol. The van der Waals surface area contributed by atoms with E-state index in [4.69, 9.17) is 28.3 Å². The van der Waals surface area contributed by atoms with Gasteiger partial charge in [-0.2, -0.15) is 0 Å². The number of carboxylic acids is 1. The molecule has 0 unspecified atom stereocenters. The molecule has 2 rings (SSSR count). The Labute approximate surface area is 149 Å². The zero-order valence-electron chi connectivity index (χ0n) is 12.5. The Kier molecular flexibility index (Phi) is 7.75. The predicted molar refractivity (Wildman–Crippen MR) is 95.6 cm³/mol. The molecule has 24 heavy (non-hydrogen) atoms. The van der Waals surface area contributed by atoms with Gasteiger partial charge in [0, 0.05) is 5.02 Å². The van der Waals surface area contributed by atoms with E-state index in [1.54, 1.807) is 36.4 Å². The van der Waals surface area contributed by atoms with Crippen LogP contribution in [0.25, 0.3) is 6.08 Å². The molecule has 2 aromatic rings. The van der Waals surface area contributed by atoms with Gasteiger partial charge in [-0.3, -0.25) is 0 Å². The summed E-state index contributed by atoms with van der Waals surface area (Å²) in [5, 5.41) is 9.49. The molecule has 0 aliphatic carbocycles. The Bertz CT molecular complexity index is 752. The minimum absolute atomic E-state index is 0.106. The molecule has 0 atom stereocenters. The van der Waals surface area contributed by atoms with Crippen molar-refractivity contribution in [3.8, 4) is 0 Å². The van der Waals surface area contributed by atoms with Crippen LogP contribution in [0.15, 0.2) is 61.9 Å². The summed E-state index contributed by atoms with van der Waals surface area (Å²) in [6.07, 6.45) is 2.62. The number of halogens is 2. The Hall–Kier alpha value is -2.56. The number of esters is 1. The van der Waals surface area contributed by atoms with Crippen LogP contribution in [0.1, 0.15) is 26.3 Å². The van der Waals surface area contributed by atoms with Gasteiger partial charge < -0.3 is 9.84 Å². The van der Waals surface area contributed by atoms with Crippen LogP contribution >= 0.6 is 23.2 Å². The zero-order chi connectivity index (χ0) is 18.1. The number of carbonyl (C=O) groups is 2. The largest absolute Gasteiger partial charge is 0.478 e. The maximum absolute atomic E-state index is 11.0. The molecule has 0 saturated heterocycles. The van der Waals surface area contributed by atoms with Gasteiger partial charge in [0.15, 0.2) is 0 Å². The normalized spacial score (nSPS) is 9.25. The average molecular weight is 365 g/mol. The summed E-state index contributed by atoms with van der Waals surface area (Å²) in [6.45, 7) is 6.79. The number of hydrogen-bond donors (Lipinski definition) is 1. The lowest BCUT2D eigenvalue weighted by Gasteiger charge is -2.00. The summed E-state index contributed by atoms with van der Waals surface area (Å²) in [4.78, 5) is 21.6. The van der Waals surface area contributed by atoms with Crippen LogP contribution in [-0.4, -0.2) is 17.0 Å². The Morgan fingerprint density at radius 2 is 1.67 bits per heavy atom. The zero-order valence-corrected chi connectivity index (χ0v) is 14.1. The molecule has 0 aromatic heterocycles. The predicted octanol–water partition coefficient (Wildman–Crippen LogP) is 5.32. The molecule has 0 amide bonds. The third kappa shape index (κ3) is 5.57. The summed E-state index contributed by atoms with van der Waals surface area (Å²) >= 11 is 11.4. The van der Waals surface area contributed by atoms with E-state index in [0.29, 0.717) is 16.1 Å². The highest BCUT2D eigenvalue weighted by Gasteiger charge is 2.09. The lowest BCUT2D eigenvalue weighted by Crippen LogP contribution is -1.99. The fourth-order valence-corrected chi connectivity index (χ4v) is 2.01. The van der Waals surface area contributed by atoms with Gasteiger partial charge in [-0.15, -0.1) is 0 Å². The van der Waals surface area contributed by atoms with E-state index in [1.807, 2.05) is 0 Å². The van der Waals surface area contributed by atoms with Crippen molar-refractivity contribution in [1.29, 1.82) is 0 Å². The van der Waals surface area contributed by atoms with Gasteiger partial charge in [0.1, 0.15) is 0 Å². The Morgan fingerprint density at radius 1 is 1.04 bits per heavy atom. The quantitative estimate of drug-likeness (QED) is 0.588. The van der Waals surface area contributed by atoms with Gasteiger partial charge in [-0.05, 0) is 35.9 Å². The van der Waals surface area contributed by atoms with Crippen LogP contribution in [0.2, 0.25) is 10.0 Å². The molecule has 0 saturated carbocycles. The highest BCUT2D eigenvalue weighted by Crippen LogP contribution is 2.21. The second-order valence-electron chi connectivity index (χ2n) is 4.30. The van der Waals surface area contributed by atoms with Gasteiger partial charge in [0.2, 0.25) is 0 Å². The summed E-state index contributed by atoms with van der Waals surface area (Å²) in [7, 11) is 0. The monoisotopic (exact) mass is 364 g/mol. The Morgan fingerprint density at radius 3 is 2.17 bits per heavy atom. The average Bonchev–Trinajstić information content (AvgIpc) is 2.56. The number of hydrogen-bond acceptors (Lipinski definition) is 3. The molecule has 0 aliphatic heterocycles. The molecule has 0 bridgehead atoms. The van der Waals surface area contributed by atoms with Gasteiger partial charge in [0.05, 0.1) is 22.4 Å². The van der Waals surface area contributed by atoms with E-state index in [2.05, 4.69) is 17.9 Å². The standard InChI is InChI=1S/2C9H7ClO2/c1-2-12-9(11)7-3-5-8(10)6-4-7;1-2-6-4-3-5-7(8(6)10)9(11)12/h2-6H,1H2;2-5H,1H2,(H,11,12). The number of carbonyl (C=O) groups excluding carboxylic acids is 1. The van der Waals surface area contributed by atoms with E-state index >= 15 is 0 Å². The molecule has 1 N–H and O–H groups in total. The van der Waals surface area contributed by atoms with Crippen LogP contribution in [-0.2, 0) is 4.74 Å². The minimum Gasteiger partial charge on any atom is -0.478 e. The fourth-order valence-electron chi connectivity index (χ4n) is 1.60. The Balaban J connectivity index is 0.000000240. The van der Waals surface area contributed by atoms with Crippen molar-refractivity contribution in [1.82, 2.24) is 0 Å². The smallest absolute Gasteiger partial charge is 0.342 e. The fraction of sp³-hybridized carbons (Fsp3) is 0. The van der Waals surface area contributed by atoms with Crippen molar-refractivity contribution in [2.75, 3.05) is 0 Å². The van der Waals surface area contributed by atoms with Crippen molar-refractivity contribution >= 4 is 41.2 Å². The summed E-state index contributed by atoms with van der Waals surface area (Å²) in [6, 6.07) is 11.2. The number of benzene rings is 2. The van der Waals surface area contributed by atoms with Crippen molar-refractivity contribution < 1.29 is 19.4 Å². The maximum Gasteiger partial charge on any atom is 0.342 e. The highest BCUT2D eigenvalue weighted by molar-refractivity contribution is 6.35. The van der Waals surface area contributed by atoms with E-state index in [9.17, 15) is 9.59 Å². The molecule has 0 radical (unpaired) electrons. The number of aromatic carboxylic acids is 1. The van der Waals surface area contributed by atoms with Crippen molar-refractivity contribution in [2.24, 2.45) is 0 Å². The summed E-state index contributed by atoms with van der Waals surface area (Å²) in [5.74, 6) is -1.45. The topological polar surface area (TPSA) is 63.6 Å². The van der Waals surface area contributed by atoms with Crippen LogP contribution in [0.5, 0.6) is 0 Å². The van der Waals surface area contributed by atoms with Crippen molar-refractivity contribution in [3.05, 3.63) is 88.6 Å². The first-order valence-electron chi connectivity index (χ1n) is 6.62. The molecule has 0 aliphatic rings. The van der Waals surface area contributed by atoms with Crippen LogP contribution in [0.3, 0.4) is 0 Å². The first-order valence-corrected chi connectivity index (χ1v) is 7.38. The third-order valence-electron chi connectivity index (χ3n) is 2.75. The number of rotatable bonds is 4. The van der Waals surface area contributed by atoms with E-state index in [0.717, 1.165) is 6.26 Å². The second kappa shape index (κ2) is 9.55. The van der Waals surface area contributed by atoms with E-state index in [-0.39, 0.29) is 10.6 Å². The number of ether oxygens (including phenoxy) is 1. The van der Waals surface area contributed by atoms with Crippen LogP contribution in [0.4, 0.5) is 0 Å². The van der Waals surface area contributed by atoms with E-state index in [1.165, 1.54) is 12.1 Å². The number of carboxylic acid groups (broad SMARTS) is 1. The first kappa shape index (κ1) is 19.5. The molecule has 6 heteroatoms. The summed E-state index contributed by atoms with van der Waals surface area (Å²) < 4.78 is 4.55. The van der Waals surface area contributed by atoms with Gasteiger partial charge in [-0.25, -0.2) is 9.59 Å². The molecule has 2 aromatic carbocycles. The van der Waals surface area contributed by atoms with Crippen LogP contribution in [0, 0.1) is 0 Å². The van der Waals surface area contributed by atoms with Gasteiger partial charge >= 0.3 is 11.9 Å².